The first-order chi connectivity index (χ1) is 10.2. The monoisotopic (exact) mass is 308 g/mol. The topological polar surface area (TPSA) is 64.3 Å². The van der Waals surface area contributed by atoms with Gasteiger partial charge in [-0.15, -0.1) is 11.8 Å². The Hall–Kier alpha value is -1.20. The van der Waals surface area contributed by atoms with E-state index in [1.165, 1.54) is 5.56 Å². The lowest BCUT2D eigenvalue weighted by atomic mass is 9.84. The molecule has 1 fully saturated rings. The van der Waals surface area contributed by atoms with Crippen LogP contribution in [-0.2, 0) is 11.3 Å². The van der Waals surface area contributed by atoms with E-state index in [2.05, 4.69) is 23.5 Å². The molecule has 1 aliphatic carbocycles. The molecule has 5 heteroatoms. The lowest BCUT2D eigenvalue weighted by molar-refractivity contribution is -0.123. The van der Waals surface area contributed by atoms with E-state index in [-0.39, 0.29) is 17.9 Å². The van der Waals surface area contributed by atoms with Gasteiger partial charge < -0.3 is 15.8 Å². The molecule has 0 aromatic heterocycles. The number of carbonyl (C=O) groups is 1. The molecule has 116 valence electrons. The normalized spacial score (nSPS) is 22.0. The molecule has 1 aromatic rings. The molecule has 21 heavy (non-hydrogen) atoms. The molecule has 0 bridgehead atoms. The van der Waals surface area contributed by atoms with Gasteiger partial charge in [-0.3, -0.25) is 4.79 Å². The van der Waals surface area contributed by atoms with Gasteiger partial charge in [0.25, 0.3) is 0 Å². The Labute approximate surface area is 130 Å². The highest BCUT2D eigenvalue weighted by Gasteiger charge is 2.28. The summed E-state index contributed by atoms with van der Waals surface area (Å²) < 4.78 is 5.41. The number of amides is 1. The number of primary amides is 1. The first-order valence-electron chi connectivity index (χ1n) is 7.39. The number of ether oxygens (including phenoxy) is 1. The number of thioether (sulfide) groups is 1. The molecule has 0 radical (unpaired) electrons. The van der Waals surface area contributed by atoms with Gasteiger partial charge in [0, 0.05) is 17.5 Å². The molecule has 1 amide bonds. The van der Waals surface area contributed by atoms with Gasteiger partial charge in [0.05, 0.1) is 13.0 Å². The molecule has 1 saturated carbocycles. The summed E-state index contributed by atoms with van der Waals surface area (Å²) >= 11 is 1.67. The van der Waals surface area contributed by atoms with Crippen LogP contribution >= 0.6 is 11.8 Å². The second-order valence-corrected chi connectivity index (χ2v) is 6.32. The van der Waals surface area contributed by atoms with Gasteiger partial charge in [-0.25, -0.2) is 0 Å². The molecule has 0 heterocycles. The summed E-state index contributed by atoms with van der Waals surface area (Å²) in [5, 5.41) is 3.49. The van der Waals surface area contributed by atoms with Crippen LogP contribution in [0.5, 0.6) is 5.75 Å². The fourth-order valence-electron chi connectivity index (χ4n) is 2.96. The van der Waals surface area contributed by atoms with Gasteiger partial charge in [-0.1, -0.05) is 18.9 Å². The molecule has 3 N–H and O–H groups in total. The summed E-state index contributed by atoms with van der Waals surface area (Å²) in [5.41, 5.74) is 6.67. The van der Waals surface area contributed by atoms with Gasteiger partial charge in [0.15, 0.2) is 0 Å². The Morgan fingerprint density at radius 3 is 2.86 bits per heavy atom. The second kappa shape index (κ2) is 7.71. The standard InChI is InChI=1S/C16H24N2O2S/c1-20-14-9-11(7-8-15(14)21-2)10-18-13-6-4-3-5-12(13)16(17)19/h7-9,12-13,18H,3-6,10H2,1-2H3,(H2,17,19)/t12-,13+/m0/s1. The van der Waals surface area contributed by atoms with E-state index in [1.54, 1.807) is 18.9 Å². The molecule has 0 saturated heterocycles. The first-order valence-corrected chi connectivity index (χ1v) is 8.61. The van der Waals surface area contributed by atoms with Crippen molar-refractivity contribution in [2.24, 2.45) is 11.7 Å². The molecule has 1 aromatic carbocycles. The largest absolute Gasteiger partial charge is 0.496 e. The maximum Gasteiger partial charge on any atom is 0.222 e. The maximum atomic E-state index is 11.5. The second-order valence-electron chi connectivity index (χ2n) is 5.47. The lowest BCUT2D eigenvalue weighted by Gasteiger charge is -2.30. The molecule has 0 aliphatic heterocycles. The van der Waals surface area contributed by atoms with Crippen molar-refractivity contribution in [2.75, 3.05) is 13.4 Å². The smallest absolute Gasteiger partial charge is 0.222 e. The summed E-state index contributed by atoms with van der Waals surface area (Å²) in [6.45, 7) is 0.736. The van der Waals surface area contributed by atoms with Crippen LogP contribution in [0.3, 0.4) is 0 Å². The zero-order valence-corrected chi connectivity index (χ0v) is 13.5. The van der Waals surface area contributed by atoms with Crippen LogP contribution in [0.1, 0.15) is 31.2 Å². The molecule has 0 unspecified atom stereocenters. The Morgan fingerprint density at radius 1 is 1.43 bits per heavy atom. The minimum atomic E-state index is -0.178. The average Bonchev–Trinajstić information content (AvgIpc) is 2.52. The third-order valence-electron chi connectivity index (χ3n) is 4.15. The molecule has 0 spiro atoms. The molecule has 2 rings (SSSR count). The van der Waals surface area contributed by atoms with E-state index in [0.29, 0.717) is 0 Å². The van der Waals surface area contributed by atoms with Crippen LogP contribution in [0.15, 0.2) is 23.1 Å². The molecule has 4 nitrogen and oxygen atoms in total. The summed E-state index contributed by atoms with van der Waals surface area (Å²) in [7, 11) is 1.69. The van der Waals surface area contributed by atoms with Crippen LogP contribution in [0.25, 0.3) is 0 Å². The van der Waals surface area contributed by atoms with Crippen molar-refractivity contribution in [3.05, 3.63) is 23.8 Å². The van der Waals surface area contributed by atoms with Crippen molar-refractivity contribution in [2.45, 2.75) is 43.2 Å². The Balaban J connectivity index is 2.00. The number of hydrogen-bond acceptors (Lipinski definition) is 4. The van der Waals surface area contributed by atoms with E-state index in [9.17, 15) is 4.79 Å². The number of nitrogens with one attached hydrogen (secondary N) is 1. The highest BCUT2D eigenvalue weighted by Crippen LogP contribution is 2.29. The minimum absolute atomic E-state index is 0.0360. The zero-order chi connectivity index (χ0) is 15.2. The van der Waals surface area contributed by atoms with Gasteiger partial charge in [-0.2, -0.15) is 0 Å². The molecule has 2 atom stereocenters. The van der Waals surface area contributed by atoms with Crippen molar-refractivity contribution in [3.8, 4) is 5.75 Å². The minimum Gasteiger partial charge on any atom is -0.496 e. The zero-order valence-electron chi connectivity index (χ0n) is 12.7. The van der Waals surface area contributed by atoms with Crippen molar-refractivity contribution < 1.29 is 9.53 Å². The highest BCUT2D eigenvalue weighted by atomic mass is 32.2. The van der Waals surface area contributed by atoms with Gasteiger partial charge in [0.2, 0.25) is 5.91 Å². The fraction of sp³-hybridized carbons (Fsp3) is 0.562. The highest BCUT2D eigenvalue weighted by molar-refractivity contribution is 7.98. The molecular weight excluding hydrogens is 284 g/mol. The van der Waals surface area contributed by atoms with E-state index in [0.717, 1.165) is 42.9 Å². The number of rotatable bonds is 6. The van der Waals surface area contributed by atoms with Crippen LogP contribution in [0.2, 0.25) is 0 Å². The van der Waals surface area contributed by atoms with Crippen molar-refractivity contribution in [1.29, 1.82) is 0 Å². The summed E-state index contributed by atoms with van der Waals surface area (Å²) in [6.07, 6.45) is 6.23. The maximum absolute atomic E-state index is 11.5. The van der Waals surface area contributed by atoms with Crippen LogP contribution < -0.4 is 15.8 Å². The third kappa shape index (κ3) is 4.14. The van der Waals surface area contributed by atoms with Gasteiger partial charge >= 0.3 is 0 Å². The lowest BCUT2D eigenvalue weighted by Crippen LogP contribution is -2.44. The third-order valence-corrected chi connectivity index (χ3v) is 4.92. The van der Waals surface area contributed by atoms with Gasteiger partial charge in [-0.05, 0) is 36.8 Å². The molecule has 1 aliphatic rings. The molecular formula is C16H24N2O2S. The number of carbonyl (C=O) groups excluding carboxylic acids is 1. The fourth-order valence-corrected chi connectivity index (χ4v) is 3.50. The van der Waals surface area contributed by atoms with E-state index >= 15 is 0 Å². The Bertz CT molecular complexity index is 493. The van der Waals surface area contributed by atoms with Crippen LogP contribution in [0.4, 0.5) is 0 Å². The summed E-state index contributed by atoms with van der Waals surface area (Å²) in [5.74, 6) is 0.686. The first kappa shape index (κ1) is 16.2. The number of methoxy groups -OCH3 is 1. The number of hydrogen-bond donors (Lipinski definition) is 2. The van der Waals surface area contributed by atoms with E-state index < -0.39 is 0 Å². The predicted octanol–water partition coefficient (Wildman–Crippen LogP) is 2.55. The van der Waals surface area contributed by atoms with E-state index in [4.69, 9.17) is 10.5 Å². The quantitative estimate of drug-likeness (QED) is 0.793. The SMILES string of the molecule is COc1cc(CN[C@@H]2CCCC[C@@H]2C(N)=O)ccc1SC. The summed E-state index contributed by atoms with van der Waals surface area (Å²) in [4.78, 5) is 12.7. The van der Waals surface area contributed by atoms with Crippen LogP contribution in [0, 0.1) is 5.92 Å². The number of nitrogens with two attached hydrogens (primary N) is 1. The van der Waals surface area contributed by atoms with Crippen molar-refractivity contribution in [3.63, 3.8) is 0 Å². The van der Waals surface area contributed by atoms with Crippen molar-refractivity contribution >= 4 is 17.7 Å². The Kier molecular flexibility index (Phi) is 5.94. The van der Waals surface area contributed by atoms with Gasteiger partial charge in [0.1, 0.15) is 5.75 Å². The average molecular weight is 308 g/mol. The Morgan fingerprint density at radius 2 is 2.19 bits per heavy atom. The van der Waals surface area contributed by atoms with Crippen molar-refractivity contribution in [1.82, 2.24) is 5.32 Å². The predicted molar refractivity (Wildman–Crippen MR) is 86.6 cm³/mol. The summed E-state index contributed by atoms with van der Waals surface area (Å²) in [6, 6.07) is 6.43. The van der Waals surface area contributed by atoms with Crippen LogP contribution in [-0.4, -0.2) is 25.3 Å². The number of benzene rings is 1. The van der Waals surface area contributed by atoms with E-state index in [1.807, 2.05) is 6.26 Å².